The minimum atomic E-state index is -4.87. The van der Waals surface area contributed by atoms with Crippen LogP contribution in [-0.2, 0) is 10.9 Å². The summed E-state index contributed by atoms with van der Waals surface area (Å²) in [7, 11) is 0. The van der Waals surface area contributed by atoms with Crippen molar-refractivity contribution in [3.05, 3.63) is 53.9 Å². The number of halogens is 5. The Morgan fingerprint density at radius 2 is 1.85 bits per heavy atom. The van der Waals surface area contributed by atoms with Crippen molar-refractivity contribution in [1.82, 2.24) is 9.97 Å². The molecule has 0 fully saturated rings. The smallest absolute Gasteiger partial charge is 0.421 e. The summed E-state index contributed by atoms with van der Waals surface area (Å²) in [5.41, 5.74) is 2.51. The molecule has 3 aromatic rings. The maximum Gasteiger partial charge on any atom is 0.421 e. The van der Waals surface area contributed by atoms with E-state index in [-0.39, 0.29) is 34.4 Å². The summed E-state index contributed by atoms with van der Waals surface area (Å²) < 4.78 is 80.1. The third-order valence-electron chi connectivity index (χ3n) is 4.93. The molecular formula is C23H22F5N3O3. The number of nitrogens with two attached hydrogens (primary N) is 1. The zero-order valence-corrected chi connectivity index (χ0v) is 18.5. The number of carbonyl (C=O) groups excluding carboxylic acids is 1. The lowest BCUT2D eigenvalue weighted by Crippen LogP contribution is -2.41. The molecule has 0 bridgehead atoms. The Morgan fingerprint density at radius 3 is 2.47 bits per heavy atom. The molecular weight excluding hydrogens is 461 g/mol. The average molecular weight is 483 g/mol. The summed E-state index contributed by atoms with van der Waals surface area (Å²) in [6.07, 6.45) is -3.38. The molecule has 0 spiro atoms. The summed E-state index contributed by atoms with van der Waals surface area (Å²) in [6.45, 7) is 4.72. The average Bonchev–Trinajstić information content (AvgIpc) is 2.69. The summed E-state index contributed by atoms with van der Waals surface area (Å²) in [5, 5.41) is -0.146. The van der Waals surface area contributed by atoms with Crippen LogP contribution in [-0.4, -0.2) is 28.3 Å². The van der Waals surface area contributed by atoms with Gasteiger partial charge in [-0.1, -0.05) is 13.8 Å². The molecule has 1 atom stereocenters. The molecule has 2 heterocycles. The molecule has 0 saturated heterocycles. The molecule has 1 unspecified atom stereocenters. The van der Waals surface area contributed by atoms with Gasteiger partial charge in [-0.3, -0.25) is 4.98 Å². The number of hydrogen-bond acceptors (Lipinski definition) is 5. The number of hydrogen-bond donors (Lipinski definition) is 1. The quantitative estimate of drug-likeness (QED) is 0.425. The Labute approximate surface area is 191 Å². The zero-order chi connectivity index (χ0) is 25.3. The molecule has 11 heteroatoms. The van der Waals surface area contributed by atoms with Crippen LogP contribution in [0.5, 0.6) is 5.88 Å². The van der Waals surface area contributed by atoms with Crippen molar-refractivity contribution in [2.75, 3.05) is 6.61 Å². The molecule has 2 N–H and O–H groups in total. The second-order valence-electron chi connectivity index (χ2n) is 8.47. The topological polar surface area (TPSA) is 87.3 Å². The lowest BCUT2D eigenvalue weighted by Gasteiger charge is -2.30. The fourth-order valence-corrected chi connectivity index (χ4v) is 3.82. The highest BCUT2D eigenvalue weighted by atomic mass is 19.4. The molecule has 1 amide bonds. The van der Waals surface area contributed by atoms with E-state index in [1.807, 2.05) is 13.8 Å². The summed E-state index contributed by atoms with van der Waals surface area (Å²) >= 11 is 0. The van der Waals surface area contributed by atoms with E-state index in [9.17, 15) is 26.7 Å². The number of rotatable bonds is 7. The molecule has 3 rings (SSSR count). The third kappa shape index (κ3) is 5.70. The fourth-order valence-electron chi connectivity index (χ4n) is 3.82. The fraction of sp³-hybridized carbons (Fsp3) is 0.348. The minimum Gasteiger partial charge on any atom is -0.473 e. The Balaban J connectivity index is 2.04. The van der Waals surface area contributed by atoms with E-state index in [0.29, 0.717) is 6.07 Å². The second-order valence-corrected chi connectivity index (χ2v) is 8.47. The van der Waals surface area contributed by atoms with Gasteiger partial charge < -0.3 is 15.2 Å². The SMILES string of the molecule is CC(C)CC(C)(COc1ncc(-c2ccnc3cc(F)cc(F)c23)cc1C(F)(F)F)OC(N)=O. The van der Waals surface area contributed by atoms with Gasteiger partial charge in [-0.15, -0.1) is 0 Å². The number of benzene rings is 1. The standard InChI is InChI=1S/C23H22F5N3O3/c1-12(2)9-22(3,34-21(29)32)11-33-20-16(23(26,27)28)6-13(10-31-20)15-4-5-30-18-8-14(24)7-17(25)19(15)18/h4-8,10,12H,9,11H2,1-3H3,(H2,29,32). The van der Waals surface area contributed by atoms with Crippen molar-refractivity contribution in [2.24, 2.45) is 11.7 Å². The van der Waals surface area contributed by atoms with Crippen LogP contribution in [0.25, 0.3) is 22.0 Å². The van der Waals surface area contributed by atoms with Crippen LogP contribution in [0.15, 0.2) is 36.7 Å². The lowest BCUT2D eigenvalue weighted by molar-refractivity contribution is -0.140. The largest absolute Gasteiger partial charge is 0.473 e. The number of nitrogens with zero attached hydrogens (tertiary/aromatic N) is 2. The van der Waals surface area contributed by atoms with Crippen LogP contribution in [0.3, 0.4) is 0 Å². The molecule has 2 aromatic heterocycles. The molecule has 6 nitrogen and oxygen atoms in total. The highest BCUT2D eigenvalue weighted by Crippen LogP contribution is 2.39. The van der Waals surface area contributed by atoms with Gasteiger partial charge in [0.2, 0.25) is 5.88 Å². The van der Waals surface area contributed by atoms with E-state index in [0.717, 1.165) is 18.3 Å². The first-order valence-electron chi connectivity index (χ1n) is 10.2. The van der Waals surface area contributed by atoms with Crippen molar-refractivity contribution < 1.29 is 36.2 Å². The molecule has 0 aliphatic carbocycles. The molecule has 0 radical (unpaired) electrons. The number of alkyl halides is 3. The Bertz CT molecular complexity index is 1220. The monoisotopic (exact) mass is 483 g/mol. The van der Waals surface area contributed by atoms with Crippen molar-refractivity contribution in [3.63, 3.8) is 0 Å². The molecule has 1 aromatic carbocycles. The molecule has 0 saturated carbocycles. The van der Waals surface area contributed by atoms with Gasteiger partial charge in [-0.25, -0.2) is 18.6 Å². The van der Waals surface area contributed by atoms with Gasteiger partial charge in [0.15, 0.2) is 0 Å². The number of ether oxygens (including phenoxy) is 2. The van der Waals surface area contributed by atoms with Gasteiger partial charge in [0.1, 0.15) is 29.4 Å². The van der Waals surface area contributed by atoms with Gasteiger partial charge in [0.25, 0.3) is 0 Å². The van der Waals surface area contributed by atoms with Crippen molar-refractivity contribution in [2.45, 2.75) is 39.0 Å². The first-order valence-corrected chi connectivity index (χ1v) is 10.2. The van der Waals surface area contributed by atoms with Crippen molar-refractivity contribution >= 4 is 17.0 Å². The van der Waals surface area contributed by atoms with E-state index < -0.39 is 47.6 Å². The van der Waals surface area contributed by atoms with Gasteiger partial charge >= 0.3 is 12.3 Å². The van der Waals surface area contributed by atoms with Crippen LogP contribution in [0.4, 0.5) is 26.7 Å². The summed E-state index contributed by atoms with van der Waals surface area (Å²) in [5.74, 6) is -2.57. The van der Waals surface area contributed by atoms with E-state index >= 15 is 0 Å². The number of aromatic nitrogens is 2. The van der Waals surface area contributed by atoms with Crippen LogP contribution in [0.2, 0.25) is 0 Å². The summed E-state index contributed by atoms with van der Waals surface area (Å²) in [4.78, 5) is 19.0. The van der Waals surface area contributed by atoms with E-state index in [4.69, 9.17) is 15.2 Å². The van der Waals surface area contributed by atoms with E-state index in [1.165, 1.54) is 19.2 Å². The number of amides is 1. The maximum absolute atomic E-state index is 14.5. The highest BCUT2D eigenvalue weighted by Gasteiger charge is 2.38. The minimum absolute atomic E-state index is 0.0186. The van der Waals surface area contributed by atoms with Crippen LogP contribution in [0, 0.1) is 17.6 Å². The number of primary amides is 1. The number of fused-ring (bicyclic) bond motifs is 1. The Hall–Kier alpha value is -3.50. The highest BCUT2D eigenvalue weighted by molar-refractivity contribution is 5.94. The predicted octanol–water partition coefficient (Wildman–Crippen LogP) is 5.87. The molecule has 0 aliphatic heterocycles. The molecule has 182 valence electrons. The van der Waals surface area contributed by atoms with Gasteiger partial charge in [0.05, 0.1) is 5.52 Å². The zero-order valence-electron chi connectivity index (χ0n) is 18.5. The Morgan fingerprint density at radius 1 is 1.15 bits per heavy atom. The summed E-state index contributed by atoms with van der Waals surface area (Å²) in [6, 6.07) is 3.67. The van der Waals surface area contributed by atoms with E-state index in [1.54, 1.807) is 0 Å². The maximum atomic E-state index is 14.5. The lowest BCUT2D eigenvalue weighted by atomic mass is 9.95. The van der Waals surface area contributed by atoms with Gasteiger partial charge in [-0.05, 0) is 37.0 Å². The van der Waals surface area contributed by atoms with Crippen molar-refractivity contribution in [1.29, 1.82) is 0 Å². The predicted molar refractivity (Wildman–Crippen MR) is 114 cm³/mol. The van der Waals surface area contributed by atoms with Gasteiger partial charge in [0, 0.05) is 35.5 Å². The normalized spacial score (nSPS) is 13.7. The number of carbonyl (C=O) groups is 1. The van der Waals surface area contributed by atoms with Crippen molar-refractivity contribution in [3.8, 4) is 17.0 Å². The second kappa shape index (κ2) is 9.40. The Kier molecular flexibility index (Phi) is 6.94. The third-order valence-corrected chi connectivity index (χ3v) is 4.93. The molecule has 34 heavy (non-hydrogen) atoms. The van der Waals surface area contributed by atoms with E-state index in [2.05, 4.69) is 9.97 Å². The first kappa shape index (κ1) is 25.1. The number of pyridine rings is 2. The van der Waals surface area contributed by atoms with Crippen LogP contribution in [0.1, 0.15) is 32.8 Å². The first-order chi connectivity index (χ1) is 15.8. The van der Waals surface area contributed by atoms with Crippen LogP contribution >= 0.6 is 0 Å². The van der Waals surface area contributed by atoms with Gasteiger partial charge in [-0.2, -0.15) is 13.2 Å². The van der Waals surface area contributed by atoms with Crippen LogP contribution < -0.4 is 10.5 Å². The molecule has 0 aliphatic rings.